The lowest BCUT2D eigenvalue weighted by Crippen LogP contribution is -2.26. The Labute approximate surface area is 392 Å². The van der Waals surface area contributed by atoms with Crippen LogP contribution in [0.1, 0.15) is 53.9 Å². The van der Waals surface area contributed by atoms with Crippen molar-refractivity contribution in [1.82, 2.24) is 5.32 Å². The van der Waals surface area contributed by atoms with Crippen LogP contribution in [0.25, 0.3) is 0 Å². The Kier molecular flexibility index (Phi) is 19.4. The van der Waals surface area contributed by atoms with E-state index in [1.165, 1.54) is 0 Å². The lowest BCUT2D eigenvalue weighted by Gasteiger charge is -2.21. The summed E-state index contributed by atoms with van der Waals surface area (Å²) < 4.78 is 43.9. The second-order valence-electron chi connectivity index (χ2n) is 16.4. The molecule has 1 fully saturated rings. The first kappa shape index (κ1) is 51.3. The van der Waals surface area contributed by atoms with Crippen LogP contribution in [0.2, 0.25) is 0 Å². The van der Waals surface area contributed by atoms with Gasteiger partial charge in [-0.3, -0.25) is 9.59 Å². The second kappa shape index (κ2) is 25.3. The Morgan fingerprint density at radius 1 is 0.716 bits per heavy atom. The average molecular weight is 931 g/mol. The van der Waals surface area contributed by atoms with Crippen molar-refractivity contribution in [3.05, 3.63) is 104 Å². The molecule has 364 valence electrons. The zero-order valence-corrected chi connectivity index (χ0v) is 39.4. The number of nitrogens with zero attached hydrogens (tertiary/aromatic N) is 3. The van der Waals surface area contributed by atoms with Crippen LogP contribution in [-0.4, -0.2) is 150 Å². The Balaban J connectivity index is 1.27. The summed E-state index contributed by atoms with van der Waals surface area (Å²) in [5.74, 6) is -3.00. The maximum Gasteiger partial charge on any atom is 0.321 e. The molecule has 67 heavy (non-hydrogen) atoms. The molecule has 0 aromatic heterocycles. The quantitative estimate of drug-likeness (QED) is 0.0599. The van der Waals surface area contributed by atoms with Crippen LogP contribution in [0.3, 0.4) is 0 Å². The highest BCUT2D eigenvalue weighted by Gasteiger charge is 2.49. The van der Waals surface area contributed by atoms with E-state index in [0.717, 1.165) is 57.2 Å². The first-order valence-corrected chi connectivity index (χ1v) is 23.2. The summed E-state index contributed by atoms with van der Waals surface area (Å²) in [4.78, 5) is 42.9. The van der Waals surface area contributed by atoms with Gasteiger partial charge >= 0.3 is 11.9 Å². The van der Waals surface area contributed by atoms with Crippen LogP contribution in [-0.2, 0) is 47.5 Å². The van der Waals surface area contributed by atoms with Crippen LogP contribution < -0.4 is 5.32 Å². The summed E-state index contributed by atoms with van der Waals surface area (Å²) in [5, 5.41) is 33.5. The zero-order valence-electron chi connectivity index (χ0n) is 39.4. The normalized spacial score (nSPS) is 20.9. The van der Waals surface area contributed by atoms with Crippen LogP contribution in [0.15, 0.2) is 119 Å². The zero-order chi connectivity index (χ0) is 47.9. The van der Waals surface area contributed by atoms with Crippen LogP contribution >= 0.6 is 0 Å². The van der Waals surface area contributed by atoms with E-state index in [0.29, 0.717) is 86.5 Å². The molecule has 1 saturated heterocycles. The Hall–Kier alpha value is -5.11. The van der Waals surface area contributed by atoms with E-state index in [2.05, 4.69) is 32.7 Å². The molecular formula is C50H66N4O13. The number of aliphatic imine (C=N–C) groups is 3. The maximum absolute atomic E-state index is 14.3. The van der Waals surface area contributed by atoms with Gasteiger partial charge in [0, 0.05) is 46.4 Å². The molecule has 0 saturated carbocycles. The summed E-state index contributed by atoms with van der Waals surface area (Å²) in [5.41, 5.74) is 11.1. The van der Waals surface area contributed by atoms with Crippen LogP contribution in [0.5, 0.6) is 0 Å². The number of carbonyl (C=O) groups is 2. The minimum absolute atomic E-state index is 0.0401. The number of rotatable bonds is 28. The Morgan fingerprint density at radius 3 is 1.85 bits per heavy atom. The SMILES string of the molecule is C=CC1=C(C)C2=NC1=CC1=NC(=CC3=C(C)C4=C(O)[C@H](C(=O)OCCOCCOCCOCCO)C(=C5NC(=C2)[C@@H](C)[C@@H]5CCC(=O)OCCOCCOCCOCCO)C4=N3)C(CC)=C1C. The number of esters is 2. The standard InChI is InChI=1S/C50H66N4O13/c1-7-34-30(3)37-27-39-32(5)36(9-10-43(57)66-25-23-64-21-19-62-17-15-60-13-11-55)47(53-39)45-46(50(59)67-26-24-65-22-20-63-18-16-61-14-12-56)49(58)44-33(6)40(54-48(44)45)29-42-35(8-2)31(4)38(52-42)28-41(34)51-37/h7,27-29,32,36,46,53,55-56,58H,1,8-26H2,2-6H3/t32-,36-,46+/m0/s1. The van der Waals surface area contributed by atoms with Gasteiger partial charge in [-0.2, -0.15) is 0 Å². The number of ether oxygens (including phenoxy) is 8. The van der Waals surface area contributed by atoms with Crippen LogP contribution in [0, 0.1) is 17.8 Å². The van der Waals surface area contributed by atoms with E-state index in [1.54, 1.807) is 0 Å². The molecule has 6 aliphatic rings. The molecule has 0 aromatic carbocycles. The van der Waals surface area contributed by atoms with Crippen molar-refractivity contribution in [3.8, 4) is 0 Å². The lowest BCUT2D eigenvalue weighted by molar-refractivity contribution is -0.148. The van der Waals surface area contributed by atoms with Gasteiger partial charge in [-0.1, -0.05) is 26.5 Å². The number of carbonyl (C=O) groups excluding carboxylic acids is 2. The number of aliphatic hydroxyl groups is 3. The summed E-state index contributed by atoms with van der Waals surface area (Å²) >= 11 is 0. The molecule has 5 heterocycles. The number of nitrogens with one attached hydrogen (secondary N) is 1. The average Bonchev–Trinajstić information content (AvgIpc) is 4.06. The van der Waals surface area contributed by atoms with Crippen molar-refractivity contribution in [2.45, 2.75) is 53.9 Å². The van der Waals surface area contributed by atoms with Gasteiger partial charge in [0.2, 0.25) is 0 Å². The largest absolute Gasteiger partial charge is 0.510 e. The molecular weight excluding hydrogens is 865 g/mol. The number of allylic oxidation sites excluding steroid dienone is 11. The van der Waals surface area contributed by atoms with E-state index < -0.39 is 17.9 Å². The van der Waals surface area contributed by atoms with Gasteiger partial charge in [-0.25, -0.2) is 15.0 Å². The fraction of sp³-hybridized carbons (Fsp3) is 0.540. The van der Waals surface area contributed by atoms with Crippen LogP contribution in [0.4, 0.5) is 0 Å². The molecule has 17 heteroatoms. The monoisotopic (exact) mass is 930 g/mol. The Bertz CT molecular complexity index is 2240. The van der Waals surface area contributed by atoms with E-state index >= 15 is 0 Å². The summed E-state index contributed by atoms with van der Waals surface area (Å²) in [6.45, 7) is 17.6. The molecule has 6 rings (SSSR count). The lowest BCUT2D eigenvalue weighted by atomic mass is 9.84. The molecule has 8 bridgehead atoms. The van der Waals surface area contributed by atoms with E-state index in [1.807, 2.05) is 38.2 Å². The van der Waals surface area contributed by atoms with Gasteiger partial charge in [0.25, 0.3) is 0 Å². The molecule has 1 aliphatic carbocycles. The summed E-state index contributed by atoms with van der Waals surface area (Å²) in [7, 11) is 0. The predicted molar refractivity (Wildman–Crippen MR) is 251 cm³/mol. The van der Waals surface area contributed by atoms with Crippen molar-refractivity contribution >= 4 is 29.1 Å². The minimum Gasteiger partial charge on any atom is -0.510 e. The van der Waals surface area contributed by atoms with Gasteiger partial charge in [0.1, 0.15) is 24.9 Å². The van der Waals surface area contributed by atoms with Crippen molar-refractivity contribution < 1.29 is 62.8 Å². The summed E-state index contributed by atoms with van der Waals surface area (Å²) in [6.07, 6.45) is 8.90. The van der Waals surface area contributed by atoms with Gasteiger partial charge in [0.05, 0.1) is 127 Å². The van der Waals surface area contributed by atoms with Crippen molar-refractivity contribution in [2.24, 2.45) is 32.7 Å². The van der Waals surface area contributed by atoms with E-state index in [4.69, 9.17) is 63.1 Å². The molecule has 0 radical (unpaired) electrons. The van der Waals surface area contributed by atoms with Crippen molar-refractivity contribution in [3.63, 3.8) is 0 Å². The Morgan fingerprint density at radius 2 is 1.27 bits per heavy atom. The van der Waals surface area contributed by atoms with Crippen molar-refractivity contribution in [2.75, 3.05) is 106 Å². The van der Waals surface area contributed by atoms with E-state index in [9.17, 15) is 14.7 Å². The smallest absolute Gasteiger partial charge is 0.321 e. The topological polar surface area (TPSA) is 218 Å². The first-order chi connectivity index (χ1) is 32.5. The molecule has 0 amide bonds. The highest BCUT2D eigenvalue weighted by atomic mass is 16.6. The highest BCUT2D eigenvalue weighted by Crippen LogP contribution is 2.49. The van der Waals surface area contributed by atoms with Crippen molar-refractivity contribution in [1.29, 1.82) is 0 Å². The number of hydrogen-bond donors (Lipinski definition) is 4. The summed E-state index contributed by atoms with van der Waals surface area (Å²) in [6, 6.07) is 0. The molecule has 0 unspecified atom stereocenters. The third-order valence-electron chi connectivity index (χ3n) is 12.2. The fourth-order valence-corrected chi connectivity index (χ4v) is 8.71. The van der Waals surface area contributed by atoms with Gasteiger partial charge in [-0.05, 0) is 74.1 Å². The molecule has 0 spiro atoms. The third kappa shape index (κ3) is 12.5. The minimum atomic E-state index is -1.21. The highest BCUT2D eigenvalue weighted by molar-refractivity contribution is 6.24. The van der Waals surface area contributed by atoms with Gasteiger partial charge in [0.15, 0.2) is 0 Å². The van der Waals surface area contributed by atoms with Gasteiger partial charge < -0.3 is 58.5 Å². The molecule has 4 N–H and O–H groups in total. The number of hydrogen-bond acceptors (Lipinski definition) is 17. The first-order valence-electron chi connectivity index (χ1n) is 23.2. The molecule has 3 atom stereocenters. The number of fused-ring (bicyclic) bond motifs is 5. The van der Waals surface area contributed by atoms with Gasteiger partial charge in [-0.15, -0.1) is 0 Å². The molecule has 0 aromatic rings. The fourth-order valence-electron chi connectivity index (χ4n) is 8.71. The molecule has 5 aliphatic heterocycles. The molecule has 17 nitrogen and oxygen atoms in total. The maximum atomic E-state index is 14.3. The third-order valence-corrected chi connectivity index (χ3v) is 12.2. The second-order valence-corrected chi connectivity index (χ2v) is 16.4. The number of aliphatic hydroxyl groups excluding tert-OH is 3. The van der Waals surface area contributed by atoms with E-state index in [-0.39, 0.29) is 83.5 Å². The predicted octanol–water partition coefficient (Wildman–Crippen LogP) is 5.02.